The fourth-order valence-electron chi connectivity index (χ4n) is 3.76. The van der Waals surface area contributed by atoms with Crippen LogP contribution in [-0.4, -0.2) is 52.9 Å². The van der Waals surface area contributed by atoms with Crippen molar-refractivity contribution in [1.29, 1.82) is 0 Å². The van der Waals surface area contributed by atoms with Crippen LogP contribution in [0.4, 0.5) is 11.4 Å². The third kappa shape index (κ3) is 5.70. The Bertz CT molecular complexity index is 1010. The lowest BCUT2D eigenvalue weighted by Crippen LogP contribution is -2.38. The zero-order valence-corrected chi connectivity index (χ0v) is 19.4. The van der Waals surface area contributed by atoms with Gasteiger partial charge in [0.2, 0.25) is 10.0 Å². The molecule has 0 saturated carbocycles. The first kappa shape index (κ1) is 22.9. The van der Waals surface area contributed by atoms with Crippen molar-refractivity contribution in [2.45, 2.75) is 38.8 Å². The fraction of sp³-hybridized carbons (Fsp3) is 0.435. The summed E-state index contributed by atoms with van der Waals surface area (Å²) in [5.74, 6) is 0.336. The Balaban J connectivity index is 1.44. The van der Waals surface area contributed by atoms with Crippen LogP contribution in [0.3, 0.4) is 0 Å². The summed E-state index contributed by atoms with van der Waals surface area (Å²) in [6.07, 6.45) is 2.41. The first-order chi connectivity index (χ1) is 14.7. The normalized spacial score (nSPS) is 16.5. The lowest BCUT2D eigenvalue weighted by atomic mass is 10.1. The van der Waals surface area contributed by atoms with E-state index in [1.54, 1.807) is 31.2 Å². The molecule has 1 N–H and O–H groups in total. The molecule has 0 spiro atoms. The molecule has 7 nitrogen and oxygen atoms in total. The van der Waals surface area contributed by atoms with Crippen LogP contribution in [0.2, 0.25) is 0 Å². The maximum Gasteiger partial charge on any atom is 0.260 e. The predicted molar refractivity (Wildman–Crippen MR) is 124 cm³/mol. The molecule has 2 atom stereocenters. The van der Waals surface area contributed by atoms with Gasteiger partial charge in [-0.2, -0.15) is 0 Å². The molecule has 31 heavy (non-hydrogen) atoms. The smallest absolute Gasteiger partial charge is 0.260 e. The molecule has 2 aromatic carbocycles. The van der Waals surface area contributed by atoms with Gasteiger partial charge in [0.15, 0.2) is 6.10 Å². The molecule has 0 aromatic heterocycles. The highest BCUT2D eigenvalue weighted by Gasteiger charge is 2.24. The molecular weight excluding hydrogens is 414 g/mol. The van der Waals surface area contributed by atoms with Crippen molar-refractivity contribution in [2.75, 3.05) is 35.6 Å². The summed E-state index contributed by atoms with van der Waals surface area (Å²) in [7, 11) is -1.83. The number of carbonyl (C=O) groups excluding carboxylic acids is 1. The molecule has 1 amide bonds. The van der Waals surface area contributed by atoms with E-state index < -0.39 is 16.1 Å². The first-order valence-electron chi connectivity index (χ1n) is 10.5. The summed E-state index contributed by atoms with van der Waals surface area (Å²) >= 11 is 0. The predicted octanol–water partition coefficient (Wildman–Crippen LogP) is 2.81. The van der Waals surface area contributed by atoms with Gasteiger partial charge in [-0.05, 0) is 62.6 Å². The van der Waals surface area contributed by atoms with E-state index in [2.05, 4.69) is 41.4 Å². The van der Waals surface area contributed by atoms with Crippen LogP contribution in [0.5, 0.6) is 5.75 Å². The summed E-state index contributed by atoms with van der Waals surface area (Å²) < 4.78 is 30.1. The minimum absolute atomic E-state index is 0.174. The van der Waals surface area contributed by atoms with Crippen LogP contribution in [-0.2, 0) is 21.2 Å². The Morgan fingerprint density at radius 3 is 2.58 bits per heavy atom. The average molecular weight is 446 g/mol. The summed E-state index contributed by atoms with van der Waals surface area (Å²) in [6, 6.07) is 15.6. The number of hydrogen-bond acceptors (Lipinski definition) is 5. The van der Waals surface area contributed by atoms with Crippen LogP contribution < -0.4 is 19.3 Å². The summed E-state index contributed by atoms with van der Waals surface area (Å²) in [5.41, 5.74) is 3.21. The quantitative estimate of drug-likeness (QED) is 0.601. The molecule has 1 aliphatic heterocycles. The maximum absolute atomic E-state index is 12.4. The van der Waals surface area contributed by atoms with Gasteiger partial charge in [0, 0.05) is 31.9 Å². The number of anilines is 2. The molecule has 0 bridgehead atoms. The van der Waals surface area contributed by atoms with Crippen LogP contribution in [0.1, 0.15) is 25.8 Å². The number of rotatable bonds is 9. The van der Waals surface area contributed by atoms with Gasteiger partial charge < -0.3 is 15.0 Å². The van der Waals surface area contributed by atoms with Crippen LogP contribution >= 0.6 is 0 Å². The number of ether oxygens (including phenoxy) is 1. The van der Waals surface area contributed by atoms with E-state index in [0.29, 0.717) is 24.0 Å². The minimum atomic E-state index is -3.32. The van der Waals surface area contributed by atoms with Crippen molar-refractivity contribution >= 4 is 27.3 Å². The SMILES string of the molecule is CC(Oc1ccc(N(C)S(C)(=O)=O)cc1)C(=O)NCCCN1c2ccccc2CC1C. The number of carbonyl (C=O) groups is 1. The van der Waals surface area contributed by atoms with E-state index in [1.807, 2.05) is 0 Å². The number of nitrogens with one attached hydrogen (secondary N) is 1. The van der Waals surface area contributed by atoms with Gasteiger partial charge in [0.25, 0.3) is 5.91 Å². The molecule has 1 aliphatic rings. The van der Waals surface area contributed by atoms with Gasteiger partial charge in [-0.15, -0.1) is 0 Å². The zero-order valence-electron chi connectivity index (χ0n) is 18.5. The summed E-state index contributed by atoms with van der Waals surface area (Å²) in [4.78, 5) is 14.8. The number of para-hydroxylation sites is 1. The third-order valence-corrected chi connectivity index (χ3v) is 6.81. The van der Waals surface area contributed by atoms with Crippen LogP contribution in [0, 0.1) is 0 Å². The van der Waals surface area contributed by atoms with E-state index in [0.717, 1.165) is 25.6 Å². The molecule has 8 heteroatoms. The van der Waals surface area contributed by atoms with Crippen molar-refractivity contribution in [2.24, 2.45) is 0 Å². The van der Waals surface area contributed by atoms with Crippen LogP contribution in [0.25, 0.3) is 0 Å². The Kier molecular flexibility index (Phi) is 7.10. The van der Waals surface area contributed by atoms with Gasteiger partial charge in [-0.1, -0.05) is 18.2 Å². The Morgan fingerprint density at radius 1 is 1.23 bits per heavy atom. The molecule has 0 saturated heterocycles. The molecule has 3 rings (SSSR count). The van der Waals surface area contributed by atoms with Crippen molar-refractivity contribution in [3.63, 3.8) is 0 Å². The molecule has 2 aromatic rings. The van der Waals surface area contributed by atoms with E-state index in [-0.39, 0.29) is 5.91 Å². The molecule has 0 radical (unpaired) electrons. The van der Waals surface area contributed by atoms with E-state index in [4.69, 9.17) is 4.74 Å². The van der Waals surface area contributed by atoms with Crippen molar-refractivity contribution in [3.8, 4) is 5.75 Å². The summed E-state index contributed by atoms with van der Waals surface area (Å²) in [6.45, 7) is 5.40. The van der Waals surface area contributed by atoms with E-state index in [9.17, 15) is 13.2 Å². The highest BCUT2D eigenvalue weighted by molar-refractivity contribution is 7.92. The lowest BCUT2D eigenvalue weighted by molar-refractivity contribution is -0.127. The number of nitrogens with zero attached hydrogens (tertiary/aromatic N) is 2. The Morgan fingerprint density at radius 2 is 1.90 bits per heavy atom. The molecule has 0 aliphatic carbocycles. The standard InChI is InChI=1S/C23H31N3O4S/c1-17-16-19-8-5-6-9-22(19)26(17)15-7-14-24-23(27)18(2)30-21-12-10-20(11-13-21)25(3)31(4,28)29/h5-6,8-13,17-18H,7,14-16H2,1-4H3,(H,24,27). The lowest BCUT2D eigenvalue weighted by Gasteiger charge is -2.25. The first-order valence-corrected chi connectivity index (χ1v) is 12.3. The largest absolute Gasteiger partial charge is 0.481 e. The maximum atomic E-state index is 12.4. The van der Waals surface area contributed by atoms with Gasteiger partial charge in [0.1, 0.15) is 5.75 Å². The molecule has 1 heterocycles. The second-order valence-corrected chi connectivity index (χ2v) is 10.0. The van der Waals surface area contributed by atoms with Gasteiger partial charge in [0.05, 0.1) is 11.9 Å². The molecule has 168 valence electrons. The van der Waals surface area contributed by atoms with Crippen molar-refractivity contribution < 1.29 is 17.9 Å². The topological polar surface area (TPSA) is 78.9 Å². The summed E-state index contributed by atoms with van der Waals surface area (Å²) in [5, 5.41) is 2.94. The molecule has 2 unspecified atom stereocenters. The van der Waals surface area contributed by atoms with Gasteiger partial charge in [-0.25, -0.2) is 8.42 Å². The monoisotopic (exact) mass is 445 g/mol. The second-order valence-electron chi connectivity index (χ2n) is 8.00. The Labute approximate surface area is 185 Å². The Hall–Kier alpha value is -2.74. The van der Waals surface area contributed by atoms with E-state index in [1.165, 1.54) is 22.6 Å². The second kappa shape index (κ2) is 9.60. The number of benzene rings is 2. The van der Waals surface area contributed by atoms with E-state index >= 15 is 0 Å². The fourth-order valence-corrected chi connectivity index (χ4v) is 4.26. The molecular formula is C23H31N3O4S. The van der Waals surface area contributed by atoms with Gasteiger partial charge in [-0.3, -0.25) is 9.10 Å². The number of sulfonamides is 1. The van der Waals surface area contributed by atoms with Crippen molar-refractivity contribution in [1.82, 2.24) is 5.32 Å². The number of fused-ring (bicyclic) bond motifs is 1. The highest BCUT2D eigenvalue weighted by Crippen LogP contribution is 2.31. The number of hydrogen-bond donors (Lipinski definition) is 1. The molecule has 0 fully saturated rings. The zero-order chi connectivity index (χ0) is 22.6. The van der Waals surface area contributed by atoms with Gasteiger partial charge >= 0.3 is 0 Å². The highest BCUT2D eigenvalue weighted by atomic mass is 32.2. The van der Waals surface area contributed by atoms with Crippen LogP contribution in [0.15, 0.2) is 48.5 Å². The number of amides is 1. The average Bonchev–Trinajstić information content (AvgIpc) is 3.05. The van der Waals surface area contributed by atoms with Crippen molar-refractivity contribution in [3.05, 3.63) is 54.1 Å². The third-order valence-electron chi connectivity index (χ3n) is 5.60. The minimum Gasteiger partial charge on any atom is -0.481 e.